The quantitative estimate of drug-likeness (QED) is 0.438. The van der Waals surface area contributed by atoms with Gasteiger partial charge in [0.15, 0.2) is 5.16 Å². The number of fused-ring (bicyclic) bond motifs is 2. The van der Waals surface area contributed by atoms with Crippen molar-refractivity contribution in [1.29, 1.82) is 0 Å². The standard InChI is InChI=1S/C23H23N3OS/c1-16(2)14-26-21-10-6-5-9-20(21)25-23(26)28-15-22(27)24-19-12-11-17-7-3-4-8-18(17)13-19/h3-13,16H,14-15H2,1-2H3,(H,24,27). The number of hydrogen-bond acceptors (Lipinski definition) is 3. The predicted octanol–water partition coefficient (Wildman–Crippen LogP) is 5.58. The first-order valence-corrected chi connectivity index (χ1v) is 10.5. The van der Waals surface area contributed by atoms with Crippen molar-refractivity contribution < 1.29 is 4.79 Å². The molecule has 0 spiro atoms. The van der Waals surface area contributed by atoms with Crippen molar-refractivity contribution in [1.82, 2.24) is 9.55 Å². The Labute approximate surface area is 169 Å². The second-order valence-corrected chi connectivity index (χ2v) is 8.23. The number of rotatable bonds is 6. The molecule has 0 aliphatic rings. The summed E-state index contributed by atoms with van der Waals surface area (Å²) in [5.41, 5.74) is 2.91. The highest BCUT2D eigenvalue weighted by Crippen LogP contribution is 2.26. The summed E-state index contributed by atoms with van der Waals surface area (Å²) in [6, 6.07) is 22.2. The topological polar surface area (TPSA) is 46.9 Å². The number of imidazole rings is 1. The predicted molar refractivity (Wildman–Crippen MR) is 118 cm³/mol. The third kappa shape index (κ3) is 4.04. The van der Waals surface area contributed by atoms with E-state index >= 15 is 0 Å². The Balaban J connectivity index is 1.48. The third-order valence-electron chi connectivity index (χ3n) is 4.53. The first-order valence-electron chi connectivity index (χ1n) is 9.47. The lowest BCUT2D eigenvalue weighted by Gasteiger charge is -2.11. The van der Waals surface area contributed by atoms with Crippen molar-refractivity contribution in [2.75, 3.05) is 11.1 Å². The number of nitrogens with zero attached hydrogens (tertiary/aromatic N) is 2. The van der Waals surface area contributed by atoms with Crippen LogP contribution >= 0.6 is 11.8 Å². The van der Waals surface area contributed by atoms with Crippen LogP contribution in [-0.4, -0.2) is 21.2 Å². The molecule has 0 atom stereocenters. The number of hydrogen-bond donors (Lipinski definition) is 1. The van der Waals surface area contributed by atoms with E-state index in [-0.39, 0.29) is 5.91 Å². The van der Waals surface area contributed by atoms with Gasteiger partial charge in [0.2, 0.25) is 5.91 Å². The molecule has 142 valence electrons. The van der Waals surface area contributed by atoms with Crippen molar-refractivity contribution >= 4 is 45.2 Å². The minimum absolute atomic E-state index is 0.0246. The molecule has 3 aromatic carbocycles. The minimum Gasteiger partial charge on any atom is -0.325 e. The molecule has 1 heterocycles. The Bertz CT molecular complexity index is 1130. The maximum atomic E-state index is 12.5. The molecule has 0 unspecified atom stereocenters. The molecule has 5 heteroatoms. The number of carbonyl (C=O) groups is 1. The van der Waals surface area contributed by atoms with E-state index in [1.807, 2.05) is 54.6 Å². The smallest absolute Gasteiger partial charge is 0.234 e. The molecule has 0 saturated heterocycles. The zero-order chi connectivity index (χ0) is 19.5. The van der Waals surface area contributed by atoms with Crippen LogP contribution in [0, 0.1) is 5.92 Å². The Hall–Kier alpha value is -2.79. The van der Waals surface area contributed by atoms with Gasteiger partial charge in [0.1, 0.15) is 0 Å². The molecule has 0 bridgehead atoms. The summed E-state index contributed by atoms with van der Waals surface area (Å²) in [4.78, 5) is 17.2. The van der Waals surface area contributed by atoms with Crippen LogP contribution in [0.25, 0.3) is 21.8 Å². The summed E-state index contributed by atoms with van der Waals surface area (Å²) in [6.45, 7) is 5.26. The number of carbonyl (C=O) groups excluding carboxylic acids is 1. The fourth-order valence-corrected chi connectivity index (χ4v) is 4.12. The fraction of sp³-hybridized carbons (Fsp3) is 0.217. The van der Waals surface area contributed by atoms with Gasteiger partial charge in [-0.1, -0.05) is 68.1 Å². The number of para-hydroxylation sites is 2. The molecule has 1 aromatic heterocycles. The van der Waals surface area contributed by atoms with Gasteiger partial charge in [-0.2, -0.15) is 0 Å². The SMILES string of the molecule is CC(C)Cn1c(SCC(=O)Nc2ccc3ccccc3c2)nc2ccccc21. The zero-order valence-electron chi connectivity index (χ0n) is 16.1. The average Bonchev–Trinajstić information content (AvgIpc) is 3.03. The molecule has 4 rings (SSSR count). The lowest BCUT2D eigenvalue weighted by atomic mass is 10.1. The molecular formula is C23H23N3OS. The number of anilines is 1. The average molecular weight is 390 g/mol. The van der Waals surface area contributed by atoms with Crippen molar-refractivity contribution in [2.24, 2.45) is 5.92 Å². The third-order valence-corrected chi connectivity index (χ3v) is 5.51. The molecule has 0 aliphatic heterocycles. The molecular weight excluding hydrogens is 366 g/mol. The monoisotopic (exact) mass is 389 g/mol. The summed E-state index contributed by atoms with van der Waals surface area (Å²) in [6.07, 6.45) is 0. The van der Waals surface area contributed by atoms with E-state index in [0.717, 1.165) is 39.2 Å². The Morgan fingerprint density at radius 1 is 1.04 bits per heavy atom. The maximum absolute atomic E-state index is 12.5. The molecule has 4 aromatic rings. The summed E-state index contributed by atoms with van der Waals surface area (Å²) >= 11 is 1.49. The van der Waals surface area contributed by atoms with Gasteiger partial charge in [-0.25, -0.2) is 4.98 Å². The van der Waals surface area contributed by atoms with Crippen LogP contribution < -0.4 is 5.32 Å². The van der Waals surface area contributed by atoms with E-state index in [0.29, 0.717) is 11.7 Å². The summed E-state index contributed by atoms with van der Waals surface area (Å²) < 4.78 is 2.22. The van der Waals surface area contributed by atoms with E-state index < -0.39 is 0 Å². The summed E-state index contributed by atoms with van der Waals surface area (Å²) in [7, 11) is 0. The van der Waals surface area contributed by atoms with Crippen LogP contribution in [0.4, 0.5) is 5.69 Å². The van der Waals surface area contributed by atoms with E-state index in [9.17, 15) is 4.79 Å². The first-order chi connectivity index (χ1) is 13.6. The van der Waals surface area contributed by atoms with Crippen LogP contribution in [0.5, 0.6) is 0 Å². The van der Waals surface area contributed by atoms with Crippen molar-refractivity contribution in [3.63, 3.8) is 0 Å². The summed E-state index contributed by atoms with van der Waals surface area (Å²) in [5, 5.41) is 6.18. The van der Waals surface area contributed by atoms with Gasteiger partial charge in [-0.15, -0.1) is 0 Å². The van der Waals surface area contributed by atoms with Crippen molar-refractivity contribution in [3.05, 3.63) is 66.7 Å². The number of nitrogens with one attached hydrogen (secondary N) is 1. The van der Waals surface area contributed by atoms with Crippen LogP contribution in [0.15, 0.2) is 71.9 Å². The lowest BCUT2D eigenvalue weighted by Crippen LogP contribution is -2.15. The molecule has 0 aliphatic carbocycles. The second kappa shape index (κ2) is 8.07. The van der Waals surface area contributed by atoms with Crippen LogP contribution in [-0.2, 0) is 11.3 Å². The fourth-order valence-electron chi connectivity index (χ4n) is 3.30. The van der Waals surface area contributed by atoms with E-state index in [4.69, 9.17) is 4.98 Å². The van der Waals surface area contributed by atoms with Gasteiger partial charge in [0.05, 0.1) is 16.8 Å². The highest BCUT2D eigenvalue weighted by atomic mass is 32.2. The van der Waals surface area contributed by atoms with Crippen LogP contribution in [0.3, 0.4) is 0 Å². The van der Waals surface area contributed by atoms with Gasteiger partial charge in [0.25, 0.3) is 0 Å². The minimum atomic E-state index is -0.0246. The normalized spacial score (nSPS) is 11.4. The highest BCUT2D eigenvalue weighted by molar-refractivity contribution is 7.99. The van der Waals surface area contributed by atoms with Crippen LogP contribution in [0.2, 0.25) is 0 Å². The first kappa shape index (κ1) is 18.6. The molecule has 0 fully saturated rings. The zero-order valence-corrected chi connectivity index (χ0v) is 16.9. The molecule has 4 nitrogen and oxygen atoms in total. The number of amides is 1. The number of aromatic nitrogens is 2. The van der Waals surface area contributed by atoms with Crippen molar-refractivity contribution in [2.45, 2.75) is 25.5 Å². The van der Waals surface area contributed by atoms with Gasteiger partial charge in [-0.3, -0.25) is 4.79 Å². The number of thioether (sulfide) groups is 1. The summed E-state index contributed by atoms with van der Waals surface area (Å²) in [5.74, 6) is 0.806. The number of benzene rings is 3. The van der Waals surface area contributed by atoms with E-state index in [1.165, 1.54) is 11.8 Å². The van der Waals surface area contributed by atoms with Gasteiger partial charge < -0.3 is 9.88 Å². The molecule has 1 amide bonds. The van der Waals surface area contributed by atoms with E-state index in [1.54, 1.807) is 0 Å². The van der Waals surface area contributed by atoms with Gasteiger partial charge in [0, 0.05) is 12.2 Å². The second-order valence-electron chi connectivity index (χ2n) is 7.29. The molecule has 0 saturated carbocycles. The Kier molecular flexibility index (Phi) is 5.35. The highest BCUT2D eigenvalue weighted by Gasteiger charge is 2.14. The largest absolute Gasteiger partial charge is 0.325 e. The van der Waals surface area contributed by atoms with Gasteiger partial charge in [-0.05, 0) is 41.0 Å². The Morgan fingerprint density at radius 2 is 1.79 bits per heavy atom. The lowest BCUT2D eigenvalue weighted by molar-refractivity contribution is -0.113. The van der Waals surface area contributed by atoms with Crippen molar-refractivity contribution in [3.8, 4) is 0 Å². The molecule has 0 radical (unpaired) electrons. The van der Waals surface area contributed by atoms with Gasteiger partial charge >= 0.3 is 0 Å². The molecule has 1 N–H and O–H groups in total. The maximum Gasteiger partial charge on any atom is 0.234 e. The van der Waals surface area contributed by atoms with Crippen LogP contribution in [0.1, 0.15) is 13.8 Å². The Morgan fingerprint density at radius 3 is 2.61 bits per heavy atom. The molecule has 28 heavy (non-hydrogen) atoms. The van der Waals surface area contributed by atoms with E-state index in [2.05, 4.69) is 35.9 Å².